The van der Waals surface area contributed by atoms with E-state index in [0.717, 1.165) is 9.87 Å². The van der Waals surface area contributed by atoms with Crippen LogP contribution in [0.15, 0.2) is 70.7 Å². The van der Waals surface area contributed by atoms with Gasteiger partial charge in [-0.25, -0.2) is 18.6 Å². The van der Waals surface area contributed by atoms with Gasteiger partial charge in [0, 0.05) is 10.0 Å². The Kier molecular flexibility index (Phi) is 9.56. The lowest BCUT2D eigenvalue weighted by Gasteiger charge is -2.24. The van der Waals surface area contributed by atoms with Gasteiger partial charge < -0.3 is 14.2 Å². The Bertz CT molecular complexity index is 1440. The number of amides is 1. The van der Waals surface area contributed by atoms with E-state index in [1.807, 2.05) is 6.92 Å². The number of rotatable bonds is 9. The highest BCUT2D eigenvalue weighted by molar-refractivity contribution is 7.92. The number of carbonyl (C=O) groups excluding carboxylic acids is 2. The molecule has 200 valence electrons. The molecular formula is C25H23Cl2N3O7S. The van der Waals surface area contributed by atoms with Gasteiger partial charge >= 0.3 is 6.16 Å². The minimum Gasteiger partial charge on any atom is -0.493 e. The standard InChI is InChI=1S/C25H23Cl2N3O7S/c1-16-4-7-21(8-5-16)38(33,34)30(20-12-18(26)11-19(27)13-20)15-24(31)29-28-14-17-6-9-22(23(10-17)35-2)37-25(32)36-3/h4-14H,15H2,1-3H3,(H,29,31)/b28-14-. The van der Waals surface area contributed by atoms with Crippen LogP contribution in [-0.4, -0.2) is 47.5 Å². The van der Waals surface area contributed by atoms with Crippen molar-refractivity contribution in [3.8, 4) is 11.5 Å². The Labute approximate surface area is 229 Å². The van der Waals surface area contributed by atoms with Crippen LogP contribution < -0.4 is 19.2 Å². The maximum atomic E-state index is 13.5. The van der Waals surface area contributed by atoms with Gasteiger partial charge in [0.1, 0.15) is 6.54 Å². The highest BCUT2D eigenvalue weighted by atomic mass is 35.5. The number of sulfonamides is 1. The van der Waals surface area contributed by atoms with E-state index in [0.29, 0.717) is 5.56 Å². The van der Waals surface area contributed by atoms with Crippen molar-refractivity contribution in [1.82, 2.24) is 5.43 Å². The fourth-order valence-corrected chi connectivity index (χ4v) is 5.08. The van der Waals surface area contributed by atoms with Gasteiger partial charge in [-0.1, -0.05) is 40.9 Å². The molecule has 0 aliphatic heterocycles. The number of benzene rings is 3. The summed E-state index contributed by atoms with van der Waals surface area (Å²) >= 11 is 12.2. The molecule has 0 bridgehead atoms. The maximum absolute atomic E-state index is 13.5. The molecule has 10 nitrogen and oxygen atoms in total. The molecule has 1 N–H and O–H groups in total. The normalized spacial score (nSPS) is 11.2. The lowest BCUT2D eigenvalue weighted by atomic mass is 10.2. The first-order valence-electron chi connectivity index (χ1n) is 10.8. The van der Waals surface area contributed by atoms with Crippen molar-refractivity contribution >= 4 is 57.2 Å². The SMILES string of the molecule is COC(=O)Oc1ccc(/C=N\NC(=O)CN(c2cc(Cl)cc(Cl)c2)S(=O)(=O)c2ccc(C)cc2)cc1OC. The number of hydrazone groups is 1. The second-order valence-corrected chi connectivity index (χ2v) is 10.4. The zero-order valence-electron chi connectivity index (χ0n) is 20.5. The second kappa shape index (κ2) is 12.6. The van der Waals surface area contributed by atoms with Gasteiger partial charge in [0.05, 0.1) is 31.0 Å². The van der Waals surface area contributed by atoms with Gasteiger partial charge in [-0.05, 0) is 61.0 Å². The molecule has 0 aromatic heterocycles. The molecule has 0 fully saturated rings. The van der Waals surface area contributed by atoms with Crippen LogP contribution in [0.1, 0.15) is 11.1 Å². The predicted molar refractivity (Wildman–Crippen MR) is 144 cm³/mol. The average Bonchev–Trinajstić information content (AvgIpc) is 2.87. The van der Waals surface area contributed by atoms with E-state index in [9.17, 15) is 18.0 Å². The fraction of sp³-hybridized carbons (Fsp3) is 0.160. The average molecular weight is 580 g/mol. The third kappa shape index (κ3) is 7.37. The first kappa shape index (κ1) is 28.8. The molecule has 3 aromatic carbocycles. The molecule has 3 aromatic rings. The van der Waals surface area contributed by atoms with Crippen LogP contribution in [0.3, 0.4) is 0 Å². The third-order valence-corrected chi connectivity index (χ3v) is 7.21. The quantitative estimate of drug-likeness (QED) is 0.167. The summed E-state index contributed by atoms with van der Waals surface area (Å²) in [6.07, 6.45) is 0.389. The number of aryl methyl sites for hydroxylation is 1. The van der Waals surface area contributed by atoms with Crippen LogP contribution in [0, 0.1) is 6.92 Å². The summed E-state index contributed by atoms with van der Waals surface area (Å²) < 4.78 is 42.4. The summed E-state index contributed by atoms with van der Waals surface area (Å²) in [4.78, 5) is 24.1. The van der Waals surface area contributed by atoms with Crippen LogP contribution in [-0.2, 0) is 19.6 Å². The van der Waals surface area contributed by atoms with Crippen LogP contribution in [0.2, 0.25) is 10.0 Å². The monoisotopic (exact) mass is 579 g/mol. The van der Waals surface area contributed by atoms with Gasteiger partial charge in [0.25, 0.3) is 15.9 Å². The Morgan fingerprint density at radius 2 is 1.63 bits per heavy atom. The molecule has 0 unspecified atom stereocenters. The van der Waals surface area contributed by atoms with E-state index in [-0.39, 0.29) is 32.1 Å². The van der Waals surface area contributed by atoms with Crippen LogP contribution in [0.5, 0.6) is 11.5 Å². The van der Waals surface area contributed by atoms with E-state index >= 15 is 0 Å². The summed E-state index contributed by atoms with van der Waals surface area (Å²) in [5.74, 6) is -0.387. The van der Waals surface area contributed by atoms with Crippen molar-refractivity contribution in [2.45, 2.75) is 11.8 Å². The molecule has 3 rings (SSSR count). The summed E-state index contributed by atoms with van der Waals surface area (Å²) in [5, 5.41) is 4.28. The molecule has 0 heterocycles. The molecule has 0 saturated heterocycles. The molecule has 0 aliphatic rings. The van der Waals surface area contributed by atoms with Gasteiger partial charge in [-0.3, -0.25) is 9.10 Å². The van der Waals surface area contributed by atoms with E-state index in [4.69, 9.17) is 32.7 Å². The van der Waals surface area contributed by atoms with Gasteiger partial charge in [-0.15, -0.1) is 0 Å². The lowest BCUT2D eigenvalue weighted by Crippen LogP contribution is -2.39. The minimum atomic E-state index is -4.17. The van der Waals surface area contributed by atoms with Gasteiger partial charge in [-0.2, -0.15) is 5.10 Å². The molecular weight excluding hydrogens is 557 g/mol. The topological polar surface area (TPSA) is 124 Å². The smallest absolute Gasteiger partial charge is 0.493 e. The number of methoxy groups -OCH3 is 2. The zero-order chi connectivity index (χ0) is 27.9. The highest BCUT2D eigenvalue weighted by Crippen LogP contribution is 2.30. The van der Waals surface area contributed by atoms with Gasteiger partial charge in [0.15, 0.2) is 11.5 Å². The number of carbonyl (C=O) groups is 2. The van der Waals surface area contributed by atoms with Crippen LogP contribution >= 0.6 is 23.2 Å². The third-order valence-electron chi connectivity index (χ3n) is 4.98. The Morgan fingerprint density at radius 1 is 0.974 bits per heavy atom. The molecule has 0 aliphatic carbocycles. The van der Waals surface area contributed by atoms with Crippen molar-refractivity contribution < 1.29 is 32.2 Å². The van der Waals surface area contributed by atoms with E-state index < -0.39 is 28.6 Å². The van der Waals surface area contributed by atoms with Crippen LogP contribution in [0.4, 0.5) is 10.5 Å². The number of halogens is 2. The predicted octanol–water partition coefficient (Wildman–Crippen LogP) is 4.80. The number of hydrogen-bond donors (Lipinski definition) is 1. The van der Waals surface area contributed by atoms with Crippen molar-refractivity contribution in [2.24, 2.45) is 5.10 Å². The maximum Gasteiger partial charge on any atom is 0.513 e. The van der Waals surface area contributed by atoms with Crippen molar-refractivity contribution in [3.63, 3.8) is 0 Å². The lowest BCUT2D eigenvalue weighted by molar-refractivity contribution is -0.119. The summed E-state index contributed by atoms with van der Waals surface area (Å²) in [6, 6.07) is 14.9. The molecule has 0 saturated carbocycles. The molecule has 0 atom stereocenters. The Hall–Kier alpha value is -3.80. The van der Waals surface area contributed by atoms with Crippen molar-refractivity contribution in [3.05, 3.63) is 81.8 Å². The summed E-state index contributed by atoms with van der Waals surface area (Å²) in [5.41, 5.74) is 3.76. The van der Waals surface area contributed by atoms with Crippen molar-refractivity contribution in [2.75, 3.05) is 25.1 Å². The molecule has 0 radical (unpaired) electrons. The fourth-order valence-electron chi connectivity index (χ4n) is 3.16. The second-order valence-electron chi connectivity index (χ2n) is 7.71. The Balaban J connectivity index is 1.82. The summed E-state index contributed by atoms with van der Waals surface area (Å²) in [7, 11) is -1.61. The molecule has 13 heteroatoms. The molecule has 38 heavy (non-hydrogen) atoms. The minimum absolute atomic E-state index is 0.0168. The molecule has 0 spiro atoms. The largest absolute Gasteiger partial charge is 0.513 e. The number of ether oxygens (including phenoxy) is 3. The molecule has 1 amide bonds. The van der Waals surface area contributed by atoms with E-state index in [1.54, 1.807) is 18.2 Å². The number of hydrogen-bond acceptors (Lipinski definition) is 8. The highest BCUT2D eigenvalue weighted by Gasteiger charge is 2.27. The first-order valence-corrected chi connectivity index (χ1v) is 13.0. The zero-order valence-corrected chi connectivity index (χ0v) is 22.8. The number of nitrogens with zero attached hydrogens (tertiary/aromatic N) is 2. The van der Waals surface area contributed by atoms with Gasteiger partial charge in [0.2, 0.25) is 0 Å². The number of nitrogens with one attached hydrogen (secondary N) is 1. The van der Waals surface area contributed by atoms with E-state index in [2.05, 4.69) is 15.3 Å². The first-order chi connectivity index (χ1) is 18.0. The van der Waals surface area contributed by atoms with E-state index in [1.165, 1.54) is 62.9 Å². The van der Waals surface area contributed by atoms with Crippen molar-refractivity contribution in [1.29, 1.82) is 0 Å². The van der Waals surface area contributed by atoms with Crippen LogP contribution in [0.25, 0.3) is 0 Å². The summed E-state index contributed by atoms with van der Waals surface area (Å²) in [6.45, 7) is 1.21. The number of anilines is 1. The Morgan fingerprint density at radius 3 is 2.24 bits per heavy atom.